The minimum absolute atomic E-state index is 0. The second-order valence-electron chi connectivity index (χ2n) is 2.45. The summed E-state index contributed by atoms with van der Waals surface area (Å²) in [7, 11) is 0. The van der Waals surface area contributed by atoms with Gasteiger partial charge in [-0.2, -0.15) is 0 Å². The second kappa shape index (κ2) is 3.97. The van der Waals surface area contributed by atoms with E-state index in [2.05, 4.69) is 19.7 Å². The molecule has 0 nitrogen and oxygen atoms in total. The zero-order chi connectivity index (χ0) is 7.56. The molecule has 1 rings (SSSR count). The van der Waals surface area contributed by atoms with Gasteiger partial charge in [-0.1, -0.05) is 39.3 Å². The van der Waals surface area contributed by atoms with E-state index >= 15 is 0 Å². The quantitative estimate of drug-likeness (QED) is 0.561. The topological polar surface area (TPSA) is 0 Å². The molecule has 0 bridgehead atoms. The molecule has 0 aliphatic heterocycles. The van der Waals surface area contributed by atoms with Crippen molar-refractivity contribution < 1.29 is 0 Å². The largest absolute Gasteiger partial charge is 0.0988 e. The van der Waals surface area contributed by atoms with Gasteiger partial charge in [0.1, 0.15) is 0 Å². The molecule has 0 saturated heterocycles. The molecule has 0 aromatic heterocycles. The average Bonchev–Trinajstić information content (AvgIpc) is 2.30. The Morgan fingerprint density at radius 3 is 2.09 bits per heavy atom. The van der Waals surface area contributed by atoms with Gasteiger partial charge in [-0.15, -0.1) is 0 Å². The molecule has 0 atom stereocenters. The fraction of sp³-hybridized carbons (Fsp3) is 0.273. The fourth-order valence-electron chi connectivity index (χ4n) is 1.27. The van der Waals surface area contributed by atoms with Crippen LogP contribution in [0.5, 0.6) is 0 Å². The number of rotatable bonds is 2. The maximum atomic E-state index is 3.93. The van der Waals surface area contributed by atoms with Crippen molar-refractivity contribution in [3.8, 4) is 0 Å². The van der Waals surface area contributed by atoms with Crippen LogP contribution in [-0.4, -0.2) is 0 Å². The lowest BCUT2D eigenvalue weighted by Gasteiger charge is -1.95. The van der Waals surface area contributed by atoms with E-state index in [1.54, 1.807) is 0 Å². The van der Waals surface area contributed by atoms with Crippen LogP contribution < -0.4 is 0 Å². The summed E-state index contributed by atoms with van der Waals surface area (Å²) in [6.45, 7) is 11.4. The van der Waals surface area contributed by atoms with E-state index in [0.29, 0.717) is 0 Å². The van der Waals surface area contributed by atoms with E-state index in [1.807, 2.05) is 12.2 Å². The molecule has 0 radical (unpaired) electrons. The molecule has 11 heavy (non-hydrogen) atoms. The Hall–Kier alpha value is -1.04. The minimum Gasteiger partial charge on any atom is -0.0988 e. The van der Waals surface area contributed by atoms with Crippen molar-refractivity contribution in [2.45, 2.75) is 20.3 Å². The molecule has 0 heteroatoms. The molecule has 0 spiro atoms. The van der Waals surface area contributed by atoms with Gasteiger partial charge in [0.05, 0.1) is 0 Å². The second-order valence-corrected chi connectivity index (χ2v) is 2.45. The predicted octanol–water partition coefficient (Wildman–Crippen LogP) is 3.64. The lowest BCUT2D eigenvalue weighted by atomic mass is 10.1. The highest BCUT2D eigenvalue weighted by atomic mass is 14.2. The van der Waals surface area contributed by atoms with Crippen LogP contribution in [0.3, 0.4) is 0 Å². The summed E-state index contributed by atoms with van der Waals surface area (Å²) in [6, 6.07) is 0. The first-order chi connectivity index (χ1) is 4.79. The van der Waals surface area contributed by atoms with Gasteiger partial charge in [0.15, 0.2) is 0 Å². The van der Waals surface area contributed by atoms with E-state index in [9.17, 15) is 0 Å². The molecule has 0 saturated carbocycles. The fourth-order valence-corrected chi connectivity index (χ4v) is 1.27. The molecule has 0 aromatic rings. The summed E-state index contributed by atoms with van der Waals surface area (Å²) >= 11 is 0. The van der Waals surface area contributed by atoms with Gasteiger partial charge in [0.2, 0.25) is 0 Å². The van der Waals surface area contributed by atoms with Crippen LogP contribution >= 0.6 is 0 Å². The number of hydrogen-bond acceptors (Lipinski definition) is 0. The molecular weight excluding hydrogens is 132 g/mol. The molecule has 0 amide bonds. The summed E-state index contributed by atoms with van der Waals surface area (Å²) in [5.41, 5.74) is 3.69. The molecule has 0 unspecified atom stereocenters. The summed E-state index contributed by atoms with van der Waals surface area (Å²) in [4.78, 5) is 0. The van der Waals surface area contributed by atoms with Crippen molar-refractivity contribution >= 4 is 0 Å². The molecule has 60 valence electrons. The normalized spacial score (nSPS) is 16.2. The Morgan fingerprint density at radius 1 is 1.09 bits per heavy atom. The van der Waals surface area contributed by atoms with Crippen LogP contribution in [0, 0.1) is 0 Å². The molecule has 0 aromatic carbocycles. The van der Waals surface area contributed by atoms with Crippen LogP contribution in [0.4, 0.5) is 0 Å². The molecular formula is C11H16. The van der Waals surface area contributed by atoms with Crippen molar-refractivity contribution in [2.24, 2.45) is 0 Å². The van der Waals surface area contributed by atoms with E-state index in [1.165, 1.54) is 16.7 Å². The molecule has 1 aliphatic carbocycles. The summed E-state index contributed by atoms with van der Waals surface area (Å²) in [5.74, 6) is 0. The SMILES string of the molecule is C.C=CC1=C(C=C)C(=C)CC1. The summed E-state index contributed by atoms with van der Waals surface area (Å²) < 4.78 is 0. The van der Waals surface area contributed by atoms with E-state index < -0.39 is 0 Å². The van der Waals surface area contributed by atoms with Gasteiger partial charge in [0.25, 0.3) is 0 Å². The lowest BCUT2D eigenvalue weighted by Crippen LogP contribution is -1.75. The first-order valence-corrected chi connectivity index (χ1v) is 3.45. The first-order valence-electron chi connectivity index (χ1n) is 3.45. The first kappa shape index (κ1) is 9.96. The van der Waals surface area contributed by atoms with Gasteiger partial charge < -0.3 is 0 Å². The Labute approximate surface area is 69.6 Å². The Bertz CT molecular complexity index is 216. The van der Waals surface area contributed by atoms with Crippen molar-refractivity contribution in [2.75, 3.05) is 0 Å². The van der Waals surface area contributed by atoms with Crippen molar-refractivity contribution in [3.63, 3.8) is 0 Å². The zero-order valence-electron chi connectivity index (χ0n) is 6.19. The lowest BCUT2D eigenvalue weighted by molar-refractivity contribution is 1.04. The number of allylic oxidation sites excluding steroid dienone is 5. The van der Waals surface area contributed by atoms with Crippen LogP contribution in [0.25, 0.3) is 0 Å². The third-order valence-electron chi connectivity index (χ3n) is 1.87. The average molecular weight is 148 g/mol. The van der Waals surface area contributed by atoms with Crippen LogP contribution in [-0.2, 0) is 0 Å². The third-order valence-corrected chi connectivity index (χ3v) is 1.87. The highest BCUT2D eigenvalue weighted by Gasteiger charge is 2.11. The van der Waals surface area contributed by atoms with Gasteiger partial charge in [-0.3, -0.25) is 0 Å². The van der Waals surface area contributed by atoms with Crippen LogP contribution in [0.15, 0.2) is 48.6 Å². The van der Waals surface area contributed by atoms with E-state index in [4.69, 9.17) is 0 Å². The Kier molecular flexibility index (Phi) is 3.59. The molecule has 0 fully saturated rings. The van der Waals surface area contributed by atoms with Crippen molar-refractivity contribution in [1.82, 2.24) is 0 Å². The number of hydrogen-bond donors (Lipinski definition) is 0. The van der Waals surface area contributed by atoms with Gasteiger partial charge in [0, 0.05) is 0 Å². The highest BCUT2D eigenvalue weighted by molar-refractivity contribution is 5.49. The predicted molar refractivity (Wildman–Crippen MR) is 52.5 cm³/mol. The summed E-state index contributed by atoms with van der Waals surface area (Å²) in [5, 5.41) is 0. The third kappa shape index (κ3) is 1.70. The molecule has 1 aliphatic rings. The monoisotopic (exact) mass is 148 g/mol. The highest BCUT2D eigenvalue weighted by Crippen LogP contribution is 2.30. The maximum Gasteiger partial charge on any atom is -0.0204 e. The van der Waals surface area contributed by atoms with Crippen molar-refractivity contribution in [3.05, 3.63) is 48.6 Å². The van der Waals surface area contributed by atoms with Crippen LogP contribution in [0.1, 0.15) is 20.3 Å². The van der Waals surface area contributed by atoms with Crippen molar-refractivity contribution in [1.29, 1.82) is 0 Å². The minimum atomic E-state index is 0. The maximum absolute atomic E-state index is 3.93. The van der Waals surface area contributed by atoms with E-state index in [-0.39, 0.29) is 7.43 Å². The van der Waals surface area contributed by atoms with Crippen LogP contribution in [0.2, 0.25) is 0 Å². The summed E-state index contributed by atoms with van der Waals surface area (Å²) in [6.07, 6.45) is 5.92. The molecule has 0 N–H and O–H groups in total. The standard InChI is InChI=1S/C10H12.CH4/c1-4-9-7-6-8(3)10(9)5-2;/h4-5H,1-3,6-7H2;1H4. The van der Waals surface area contributed by atoms with Gasteiger partial charge >= 0.3 is 0 Å². The van der Waals surface area contributed by atoms with Gasteiger partial charge in [-0.05, 0) is 29.6 Å². The Morgan fingerprint density at radius 2 is 1.73 bits per heavy atom. The molecule has 0 heterocycles. The smallest absolute Gasteiger partial charge is 0.0204 e. The zero-order valence-corrected chi connectivity index (χ0v) is 6.19. The van der Waals surface area contributed by atoms with Gasteiger partial charge in [-0.25, -0.2) is 0 Å². The Balaban J connectivity index is 0.000001000. The van der Waals surface area contributed by atoms with E-state index in [0.717, 1.165) is 12.8 Å².